The second-order valence-electron chi connectivity index (χ2n) is 7.07. The molecular weight excluding hydrogens is 304 g/mol. The van der Waals surface area contributed by atoms with Crippen LogP contribution in [0.3, 0.4) is 0 Å². The van der Waals surface area contributed by atoms with Crippen molar-refractivity contribution in [2.24, 2.45) is 0 Å². The summed E-state index contributed by atoms with van der Waals surface area (Å²) in [6.45, 7) is 11.3. The molecule has 6 nitrogen and oxygen atoms in total. The fourth-order valence-corrected chi connectivity index (χ4v) is 2.65. The van der Waals surface area contributed by atoms with Crippen molar-refractivity contribution in [1.29, 1.82) is 0 Å². The molecule has 24 heavy (non-hydrogen) atoms. The molecule has 0 radical (unpaired) electrons. The summed E-state index contributed by atoms with van der Waals surface area (Å²) in [7, 11) is 0. The van der Waals surface area contributed by atoms with Crippen molar-refractivity contribution in [3.05, 3.63) is 24.5 Å². The Morgan fingerprint density at radius 2 is 2.21 bits per heavy atom. The van der Waals surface area contributed by atoms with Crippen molar-refractivity contribution < 1.29 is 9.53 Å². The summed E-state index contributed by atoms with van der Waals surface area (Å²) < 4.78 is 5.32. The van der Waals surface area contributed by atoms with E-state index in [0.717, 1.165) is 29.7 Å². The Balaban J connectivity index is 2.07. The average Bonchev–Trinajstić information content (AvgIpc) is 2.88. The molecule has 0 aliphatic carbocycles. The number of nitrogens with one attached hydrogen (secondary N) is 2. The third-order valence-electron chi connectivity index (χ3n) is 3.51. The Labute approximate surface area is 143 Å². The lowest BCUT2D eigenvalue weighted by atomic mass is 10.2. The van der Waals surface area contributed by atoms with Crippen LogP contribution in [0.4, 0.5) is 10.5 Å². The first-order valence-corrected chi connectivity index (χ1v) is 8.46. The van der Waals surface area contributed by atoms with E-state index in [-0.39, 0.29) is 12.1 Å². The van der Waals surface area contributed by atoms with Crippen molar-refractivity contribution in [1.82, 2.24) is 15.3 Å². The van der Waals surface area contributed by atoms with Crippen molar-refractivity contribution in [2.45, 2.75) is 52.7 Å². The van der Waals surface area contributed by atoms with E-state index in [1.54, 1.807) is 6.20 Å². The van der Waals surface area contributed by atoms with E-state index in [1.807, 2.05) is 46.0 Å². The molecule has 2 N–H and O–H groups in total. The summed E-state index contributed by atoms with van der Waals surface area (Å²) in [6.07, 6.45) is 4.40. The Morgan fingerprint density at radius 1 is 1.46 bits per heavy atom. The SMILES string of the molecule is CCCN(CC(C)NC(=O)OC(C)(C)C)c1c[nH]c2cccnc12. The smallest absolute Gasteiger partial charge is 0.407 e. The van der Waals surface area contributed by atoms with Gasteiger partial charge in [-0.05, 0) is 46.2 Å². The minimum absolute atomic E-state index is 0.0416. The molecule has 1 unspecified atom stereocenters. The monoisotopic (exact) mass is 332 g/mol. The second-order valence-corrected chi connectivity index (χ2v) is 7.07. The molecule has 2 aromatic heterocycles. The number of ether oxygens (including phenoxy) is 1. The van der Waals surface area contributed by atoms with Gasteiger partial charge >= 0.3 is 6.09 Å². The molecule has 0 fully saturated rings. The van der Waals surface area contributed by atoms with E-state index in [4.69, 9.17) is 4.74 Å². The van der Waals surface area contributed by atoms with Gasteiger partial charge in [0.15, 0.2) is 0 Å². The highest BCUT2D eigenvalue weighted by Gasteiger charge is 2.20. The molecule has 0 aliphatic heterocycles. The number of carbonyl (C=O) groups is 1. The van der Waals surface area contributed by atoms with Crippen molar-refractivity contribution in [2.75, 3.05) is 18.0 Å². The number of amides is 1. The summed E-state index contributed by atoms with van der Waals surface area (Å²) >= 11 is 0. The summed E-state index contributed by atoms with van der Waals surface area (Å²) in [4.78, 5) is 21.9. The summed E-state index contributed by atoms with van der Waals surface area (Å²) in [6, 6.07) is 3.89. The van der Waals surface area contributed by atoms with Crippen LogP contribution in [0.1, 0.15) is 41.0 Å². The molecule has 132 valence electrons. The largest absolute Gasteiger partial charge is 0.444 e. The van der Waals surface area contributed by atoms with Crippen LogP contribution in [0.2, 0.25) is 0 Å². The van der Waals surface area contributed by atoms with Crippen LogP contribution < -0.4 is 10.2 Å². The number of rotatable bonds is 6. The second kappa shape index (κ2) is 7.55. The maximum absolute atomic E-state index is 11.9. The van der Waals surface area contributed by atoms with E-state index in [1.165, 1.54) is 0 Å². The first kappa shape index (κ1) is 18.1. The van der Waals surface area contributed by atoms with E-state index in [9.17, 15) is 4.79 Å². The van der Waals surface area contributed by atoms with E-state index in [0.29, 0.717) is 6.54 Å². The molecule has 1 atom stereocenters. The minimum Gasteiger partial charge on any atom is -0.444 e. The number of aromatic nitrogens is 2. The normalized spacial score (nSPS) is 12.9. The van der Waals surface area contributed by atoms with Gasteiger partial charge in [-0.1, -0.05) is 6.92 Å². The lowest BCUT2D eigenvalue weighted by Gasteiger charge is -2.28. The number of alkyl carbamates (subject to hydrolysis) is 1. The van der Waals surface area contributed by atoms with Gasteiger partial charge in [0.2, 0.25) is 0 Å². The average molecular weight is 332 g/mol. The zero-order valence-electron chi connectivity index (χ0n) is 15.2. The van der Waals surface area contributed by atoms with Crippen LogP contribution in [-0.2, 0) is 4.74 Å². The Kier molecular flexibility index (Phi) is 5.70. The van der Waals surface area contributed by atoms with E-state index in [2.05, 4.69) is 27.1 Å². The molecule has 0 aromatic carbocycles. The predicted molar refractivity (Wildman–Crippen MR) is 97.4 cm³/mol. The minimum atomic E-state index is -0.492. The van der Waals surface area contributed by atoms with Gasteiger partial charge in [0, 0.05) is 31.5 Å². The molecule has 1 amide bonds. The molecule has 0 saturated heterocycles. The van der Waals surface area contributed by atoms with Crippen LogP contribution in [0.5, 0.6) is 0 Å². The number of carbonyl (C=O) groups excluding carboxylic acids is 1. The maximum atomic E-state index is 11.9. The van der Waals surface area contributed by atoms with Crippen molar-refractivity contribution in [3.63, 3.8) is 0 Å². The standard InChI is InChI=1S/C18H28N4O2/c1-6-10-22(12-13(2)21-17(23)24-18(3,4)5)15-11-20-14-8-7-9-19-16(14)15/h7-9,11,13,20H,6,10,12H2,1-5H3,(H,21,23). The first-order valence-electron chi connectivity index (χ1n) is 8.46. The lowest BCUT2D eigenvalue weighted by molar-refractivity contribution is 0.0510. The Morgan fingerprint density at radius 3 is 2.88 bits per heavy atom. The highest BCUT2D eigenvalue weighted by atomic mass is 16.6. The molecule has 2 rings (SSSR count). The highest BCUT2D eigenvalue weighted by Crippen LogP contribution is 2.24. The first-order chi connectivity index (χ1) is 11.3. The van der Waals surface area contributed by atoms with Gasteiger partial charge in [-0.25, -0.2) is 4.79 Å². The molecule has 6 heteroatoms. The van der Waals surface area contributed by atoms with Gasteiger partial charge in [0.05, 0.1) is 11.2 Å². The number of nitrogens with zero attached hydrogens (tertiary/aromatic N) is 2. The van der Waals surface area contributed by atoms with Crippen molar-refractivity contribution >= 4 is 22.8 Å². The molecule has 0 saturated carbocycles. The maximum Gasteiger partial charge on any atom is 0.407 e. The highest BCUT2D eigenvalue weighted by molar-refractivity contribution is 5.89. The fourth-order valence-electron chi connectivity index (χ4n) is 2.65. The molecule has 0 bridgehead atoms. The van der Waals surface area contributed by atoms with Crippen LogP contribution in [0, 0.1) is 0 Å². The number of hydrogen-bond acceptors (Lipinski definition) is 4. The van der Waals surface area contributed by atoms with Crippen LogP contribution in [0.25, 0.3) is 11.0 Å². The zero-order valence-corrected chi connectivity index (χ0v) is 15.2. The fraction of sp³-hybridized carbons (Fsp3) is 0.556. The number of hydrogen-bond donors (Lipinski definition) is 2. The Hall–Kier alpha value is -2.24. The lowest BCUT2D eigenvalue weighted by Crippen LogP contribution is -2.44. The van der Waals surface area contributed by atoms with Crippen molar-refractivity contribution in [3.8, 4) is 0 Å². The van der Waals surface area contributed by atoms with E-state index >= 15 is 0 Å². The third-order valence-corrected chi connectivity index (χ3v) is 3.51. The van der Waals surface area contributed by atoms with Gasteiger partial charge in [0.25, 0.3) is 0 Å². The van der Waals surface area contributed by atoms with E-state index < -0.39 is 5.60 Å². The van der Waals surface area contributed by atoms with Crippen LogP contribution in [-0.4, -0.2) is 40.8 Å². The molecule has 0 spiro atoms. The topological polar surface area (TPSA) is 70.2 Å². The third kappa shape index (κ3) is 4.88. The number of fused-ring (bicyclic) bond motifs is 1. The number of aromatic amines is 1. The molecular formula is C18H28N4O2. The van der Waals surface area contributed by atoms with Gasteiger partial charge in [0.1, 0.15) is 11.1 Å². The van der Waals surface area contributed by atoms with Gasteiger partial charge in [-0.15, -0.1) is 0 Å². The summed E-state index contributed by atoms with van der Waals surface area (Å²) in [5.41, 5.74) is 2.54. The molecule has 2 aromatic rings. The number of H-pyrrole nitrogens is 1. The summed E-state index contributed by atoms with van der Waals surface area (Å²) in [5.74, 6) is 0. The van der Waals surface area contributed by atoms with Crippen LogP contribution in [0.15, 0.2) is 24.5 Å². The molecule has 2 heterocycles. The molecule has 0 aliphatic rings. The van der Waals surface area contributed by atoms with Gasteiger partial charge in [-0.3, -0.25) is 4.98 Å². The Bertz CT molecular complexity index is 675. The van der Waals surface area contributed by atoms with Gasteiger partial charge < -0.3 is 19.9 Å². The van der Waals surface area contributed by atoms with Gasteiger partial charge in [-0.2, -0.15) is 0 Å². The number of anilines is 1. The quantitative estimate of drug-likeness (QED) is 0.846. The zero-order chi connectivity index (χ0) is 17.7. The number of pyridine rings is 1. The summed E-state index contributed by atoms with van der Waals surface area (Å²) in [5, 5.41) is 2.90. The predicted octanol–water partition coefficient (Wildman–Crippen LogP) is 3.69. The van der Waals surface area contributed by atoms with Crippen LogP contribution >= 0.6 is 0 Å².